The molecule has 3 rings (SSSR count). The van der Waals surface area contributed by atoms with Crippen LogP contribution in [0.1, 0.15) is 29.3 Å². The number of aromatic nitrogens is 2. The summed E-state index contributed by atoms with van der Waals surface area (Å²) in [6.07, 6.45) is -0.774. The molecule has 0 spiro atoms. The van der Waals surface area contributed by atoms with E-state index >= 15 is 0 Å². The highest BCUT2D eigenvalue weighted by Crippen LogP contribution is 2.24. The molecule has 0 N–H and O–H groups in total. The highest BCUT2D eigenvalue weighted by Gasteiger charge is 2.21. The van der Waals surface area contributed by atoms with Gasteiger partial charge in [0.05, 0.1) is 10.6 Å². The fourth-order valence-electron chi connectivity index (χ4n) is 2.03. The van der Waals surface area contributed by atoms with E-state index in [0.29, 0.717) is 5.89 Å². The van der Waals surface area contributed by atoms with E-state index in [1.54, 1.807) is 6.92 Å². The second-order valence-electron chi connectivity index (χ2n) is 4.98. The van der Waals surface area contributed by atoms with Gasteiger partial charge in [0.15, 0.2) is 6.10 Å². The molecule has 5 nitrogen and oxygen atoms in total. The van der Waals surface area contributed by atoms with Crippen LogP contribution in [0.15, 0.2) is 52.9 Å². The van der Waals surface area contributed by atoms with Crippen LogP contribution < -0.4 is 0 Å². The van der Waals surface area contributed by atoms with Crippen LogP contribution in [0.25, 0.3) is 11.5 Å². The average Bonchev–Trinajstić information content (AvgIpc) is 3.05. The third kappa shape index (κ3) is 3.44. The standard InChI is InChI=1S/C17H12ClFN2O3/c1-10(23-17(22)13-8-7-12(19)9-14(13)18)15-20-21-16(24-15)11-5-3-2-4-6-11/h2-10H,1H3. The van der Waals surface area contributed by atoms with Crippen molar-refractivity contribution in [1.29, 1.82) is 0 Å². The number of hydrogen-bond acceptors (Lipinski definition) is 5. The van der Waals surface area contributed by atoms with Crippen LogP contribution in [0.4, 0.5) is 4.39 Å². The van der Waals surface area contributed by atoms with Crippen molar-refractivity contribution in [3.63, 3.8) is 0 Å². The van der Waals surface area contributed by atoms with Gasteiger partial charge in [0.1, 0.15) is 5.82 Å². The molecule has 2 aromatic carbocycles. The van der Waals surface area contributed by atoms with Gasteiger partial charge in [0.25, 0.3) is 5.89 Å². The van der Waals surface area contributed by atoms with Crippen LogP contribution in [-0.4, -0.2) is 16.2 Å². The topological polar surface area (TPSA) is 65.2 Å². The Balaban J connectivity index is 1.74. The van der Waals surface area contributed by atoms with Gasteiger partial charge >= 0.3 is 5.97 Å². The Morgan fingerprint density at radius 3 is 2.67 bits per heavy atom. The van der Waals surface area contributed by atoms with E-state index in [1.807, 2.05) is 30.3 Å². The van der Waals surface area contributed by atoms with Crippen molar-refractivity contribution >= 4 is 17.6 Å². The number of ether oxygens (including phenoxy) is 1. The van der Waals surface area contributed by atoms with Gasteiger partial charge < -0.3 is 9.15 Å². The van der Waals surface area contributed by atoms with E-state index in [1.165, 1.54) is 6.07 Å². The zero-order chi connectivity index (χ0) is 17.1. The third-order valence-electron chi connectivity index (χ3n) is 3.24. The van der Waals surface area contributed by atoms with E-state index in [0.717, 1.165) is 17.7 Å². The van der Waals surface area contributed by atoms with Gasteiger partial charge in [-0.1, -0.05) is 29.8 Å². The molecule has 0 aliphatic carbocycles. The van der Waals surface area contributed by atoms with Gasteiger partial charge in [0.2, 0.25) is 5.89 Å². The van der Waals surface area contributed by atoms with E-state index in [4.69, 9.17) is 20.8 Å². The molecular formula is C17H12ClFN2O3. The Bertz CT molecular complexity index is 867. The number of carbonyl (C=O) groups is 1. The first-order chi connectivity index (χ1) is 11.5. The highest BCUT2D eigenvalue weighted by molar-refractivity contribution is 6.33. The van der Waals surface area contributed by atoms with Gasteiger partial charge in [-0.25, -0.2) is 9.18 Å². The first kappa shape index (κ1) is 16.1. The van der Waals surface area contributed by atoms with Crippen molar-refractivity contribution in [2.75, 3.05) is 0 Å². The SMILES string of the molecule is CC(OC(=O)c1ccc(F)cc1Cl)c1nnc(-c2ccccc2)o1. The molecule has 122 valence electrons. The van der Waals surface area contributed by atoms with E-state index in [2.05, 4.69) is 10.2 Å². The molecule has 0 fully saturated rings. The second-order valence-corrected chi connectivity index (χ2v) is 5.39. The summed E-state index contributed by atoms with van der Waals surface area (Å²) in [5.41, 5.74) is 0.823. The molecule has 1 atom stereocenters. The van der Waals surface area contributed by atoms with Gasteiger partial charge in [-0.2, -0.15) is 0 Å². The molecule has 0 saturated heterocycles. The van der Waals surface area contributed by atoms with Gasteiger partial charge in [-0.15, -0.1) is 10.2 Å². The monoisotopic (exact) mass is 346 g/mol. The molecule has 3 aromatic rings. The number of carbonyl (C=O) groups excluding carboxylic acids is 1. The predicted molar refractivity (Wildman–Crippen MR) is 85.0 cm³/mol. The van der Waals surface area contributed by atoms with Crippen LogP contribution in [0.2, 0.25) is 5.02 Å². The van der Waals surface area contributed by atoms with E-state index in [9.17, 15) is 9.18 Å². The number of nitrogens with zero attached hydrogens (tertiary/aromatic N) is 2. The first-order valence-corrected chi connectivity index (χ1v) is 7.47. The molecule has 0 aliphatic rings. The Labute approximate surface area is 142 Å². The fraction of sp³-hybridized carbons (Fsp3) is 0.118. The lowest BCUT2D eigenvalue weighted by atomic mass is 10.2. The van der Waals surface area contributed by atoms with Crippen LogP contribution in [0, 0.1) is 5.82 Å². The van der Waals surface area contributed by atoms with E-state index in [-0.39, 0.29) is 16.5 Å². The summed E-state index contributed by atoms with van der Waals surface area (Å²) in [7, 11) is 0. The average molecular weight is 347 g/mol. The maximum Gasteiger partial charge on any atom is 0.340 e. The highest BCUT2D eigenvalue weighted by atomic mass is 35.5. The minimum atomic E-state index is -0.774. The Hall–Kier alpha value is -2.73. The Kier molecular flexibility index (Phi) is 4.57. The van der Waals surface area contributed by atoms with Gasteiger partial charge in [0, 0.05) is 5.56 Å². The minimum absolute atomic E-state index is 0.0253. The molecule has 24 heavy (non-hydrogen) atoms. The van der Waals surface area contributed by atoms with E-state index < -0.39 is 17.9 Å². The summed E-state index contributed by atoms with van der Waals surface area (Å²) < 4.78 is 23.8. The van der Waals surface area contributed by atoms with Crippen molar-refractivity contribution in [3.05, 3.63) is 70.8 Å². The lowest BCUT2D eigenvalue weighted by Gasteiger charge is -2.10. The molecule has 1 unspecified atom stereocenters. The number of rotatable bonds is 4. The summed E-state index contributed by atoms with van der Waals surface area (Å²) in [4.78, 5) is 12.1. The lowest BCUT2D eigenvalue weighted by molar-refractivity contribution is 0.0280. The molecule has 0 radical (unpaired) electrons. The molecule has 0 saturated carbocycles. The predicted octanol–water partition coefficient (Wildman–Crippen LogP) is 4.45. The summed E-state index contributed by atoms with van der Waals surface area (Å²) in [5.74, 6) is -0.755. The maximum atomic E-state index is 13.0. The lowest BCUT2D eigenvalue weighted by Crippen LogP contribution is -2.10. The minimum Gasteiger partial charge on any atom is -0.449 e. The van der Waals surface area contributed by atoms with Crippen molar-refractivity contribution in [3.8, 4) is 11.5 Å². The Morgan fingerprint density at radius 1 is 1.21 bits per heavy atom. The molecule has 1 heterocycles. The quantitative estimate of drug-likeness (QED) is 0.653. The Morgan fingerprint density at radius 2 is 1.96 bits per heavy atom. The summed E-state index contributed by atoms with van der Waals surface area (Å²) in [6.45, 7) is 1.59. The molecule has 0 amide bonds. The van der Waals surface area contributed by atoms with Crippen LogP contribution in [-0.2, 0) is 4.74 Å². The van der Waals surface area contributed by atoms with Crippen molar-refractivity contribution in [2.24, 2.45) is 0 Å². The molecule has 0 bridgehead atoms. The first-order valence-electron chi connectivity index (χ1n) is 7.09. The fourth-order valence-corrected chi connectivity index (χ4v) is 2.27. The molecule has 0 aliphatic heterocycles. The van der Waals surface area contributed by atoms with Crippen LogP contribution in [0.3, 0.4) is 0 Å². The molecular weight excluding hydrogens is 335 g/mol. The third-order valence-corrected chi connectivity index (χ3v) is 3.56. The number of benzene rings is 2. The smallest absolute Gasteiger partial charge is 0.340 e. The number of halogens is 2. The summed E-state index contributed by atoms with van der Waals surface area (Å²) >= 11 is 5.85. The van der Waals surface area contributed by atoms with Crippen molar-refractivity contribution in [2.45, 2.75) is 13.0 Å². The maximum absolute atomic E-state index is 13.0. The number of esters is 1. The van der Waals surface area contributed by atoms with Crippen molar-refractivity contribution in [1.82, 2.24) is 10.2 Å². The molecule has 7 heteroatoms. The summed E-state index contributed by atoms with van der Waals surface area (Å²) in [5, 5.41) is 7.80. The zero-order valence-corrected chi connectivity index (χ0v) is 13.3. The largest absolute Gasteiger partial charge is 0.449 e. The summed E-state index contributed by atoms with van der Waals surface area (Å²) in [6, 6.07) is 12.7. The van der Waals surface area contributed by atoms with Gasteiger partial charge in [-0.05, 0) is 37.3 Å². The van der Waals surface area contributed by atoms with Gasteiger partial charge in [-0.3, -0.25) is 0 Å². The van der Waals surface area contributed by atoms with Crippen LogP contribution >= 0.6 is 11.6 Å². The second kappa shape index (κ2) is 6.80. The zero-order valence-electron chi connectivity index (χ0n) is 12.6. The van der Waals surface area contributed by atoms with Crippen LogP contribution in [0.5, 0.6) is 0 Å². The molecule has 1 aromatic heterocycles. The van der Waals surface area contributed by atoms with Crippen molar-refractivity contribution < 1.29 is 18.3 Å². The normalized spacial score (nSPS) is 12.0. The number of hydrogen-bond donors (Lipinski definition) is 0.